The molecule has 2 heteroatoms. The van der Waals surface area contributed by atoms with E-state index in [9.17, 15) is 0 Å². The minimum atomic E-state index is 0.915. The van der Waals surface area contributed by atoms with Crippen molar-refractivity contribution in [1.29, 1.82) is 0 Å². The Kier molecular flexibility index (Phi) is 2.00. The number of hydrogen-bond donors (Lipinski definition) is 1. The summed E-state index contributed by atoms with van der Waals surface area (Å²) in [5.41, 5.74) is 4.42. The van der Waals surface area contributed by atoms with Crippen LogP contribution in [0, 0.1) is 13.0 Å². The third-order valence-corrected chi connectivity index (χ3v) is 2.71. The zero-order chi connectivity index (χ0) is 11.0. The molecule has 1 N–H and O–H groups in total. The number of H-pyrrole nitrogens is 1. The zero-order valence-corrected chi connectivity index (χ0v) is 8.99. The monoisotopic (exact) mass is 207 g/mol. The van der Waals surface area contributed by atoms with E-state index in [0.717, 1.165) is 22.4 Å². The Hall–Kier alpha value is -2.09. The molecule has 2 nitrogen and oxygen atoms in total. The van der Waals surface area contributed by atoms with E-state index in [2.05, 4.69) is 29.0 Å². The van der Waals surface area contributed by atoms with E-state index in [1.165, 1.54) is 5.56 Å². The number of benzene rings is 2. The lowest BCUT2D eigenvalue weighted by Gasteiger charge is -1.93. The van der Waals surface area contributed by atoms with Crippen molar-refractivity contribution in [3.8, 4) is 11.4 Å². The second-order valence-electron chi connectivity index (χ2n) is 3.85. The lowest BCUT2D eigenvalue weighted by molar-refractivity contribution is 1.33. The highest BCUT2D eigenvalue weighted by molar-refractivity contribution is 5.82. The number of imidazole rings is 1. The Labute approximate surface area is 94.0 Å². The highest BCUT2D eigenvalue weighted by Gasteiger charge is 2.05. The summed E-state index contributed by atoms with van der Waals surface area (Å²) < 4.78 is 0. The van der Waals surface area contributed by atoms with E-state index in [0.29, 0.717) is 0 Å². The molecule has 0 spiro atoms. The van der Waals surface area contributed by atoms with Crippen LogP contribution in [0.5, 0.6) is 0 Å². The lowest BCUT2D eigenvalue weighted by atomic mass is 10.2. The number of aryl methyl sites for hydroxylation is 1. The van der Waals surface area contributed by atoms with Crippen molar-refractivity contribution in [3.05, 3.63) is 54.1 Å². The fourth-order valence-corrected chi connectivity index (χ4v) is 1.86. The first-order valence-corrected chi connectivity index (χ1v) is 5.26. The standard InChI is InChI=1S/C14H11N2/c1-10-6-5-9-12-13(10)16-14(15-12)11-7-3-2-4-8-11/h3-9H,1H3,(H,15,16). The molecular weight excluding hydrogens is 196 g/mol. The van der Waals surface area contributed by atoms with Gasteiger partial charge in [0, 0.05) is 5.56 Å². The number of fused-ring (bicyclic) bond motifs is 1. The molecule has 0 saturated heterocycles. The van der Waals surface area contributed by atoms with Gasteiger partial charge in [-0.1, -0.05) is 36.4 Å². The van der Waals surface area contributed by atoms with E-state index in [4.69, 9.17) is 0 Å². The molecule has 0 fully saturated rings. The highest BCUT2D eigenvalue weighted by Crippen LogP contribution is 2.21. The van der Waals surface area contributed by atoms with Gasteiger partial charge in [-0.05, 0) is 24.6 Å². The average molecular weight is 207 g/mol. The molecule has 16 heavy (non-hydrogen) atoms. The third kappa shape index (κ3) is 1.39. The van der Waals surface area contributed by atoms with Crippen molar-refractivity contribution >= 4 is 11.0 Å². The first kappa shape index (κ1) is 9.16. The molecule has 0 aliphatic carbocycles. The van der Waals surface area contributed by atoms with Crippen LogP contribution < -0.4 is 0 Å². The molecule has 0 amide bonds. The number of nitrogens with zero attached hydrogens (tertiary/aromatic N) is 1. The summed E-state index contributed by atoms with van der Waals surface area (Å²) in [6.45, 7) is 2.08. The van der Waals surface area contributed by atoms with Crippen molar-refractivity contribution in [2.75, 3.05) is 0 Å². The molecule has 77 valence electrons. The summed E-state index contributed by atoms with van der Waals surface area (Å²) >= 11 is 0. The molecule has 0 aliphatic heterocycles. The van der Waals surface area contributed by atoms with Crippen molar-refractivity contribution in [2.45, 2.75) is 6.92 Å². The van der Waals surface area contributed by atoms with Crippen LogP contribution in [0.2, 0.25) is 0 Å². The second kappa shape index (κ2) is 3.49. The first-order chi connectivity index (χ1) is 7.84. The summed E-state index contributed by atoms with van der Waals surface area (Å²) in [6, 6.07) is 17.0. The minimum Gasteiger partial charge on any atom is -0.338 e. The Morgan fingerprint density at radius 3 is 2.69 bits per heavy atom. The van der Waals surface area contributed by atoms with Crippen molar-refractivity contribution in [2.24, 2.45) is 0 Å². The molecule has 1 radical (unpaired) electrons. The van der Waals surface area contributed by atoms with Crippen LogP contribution in [0.25, 0.3) is 22.4 Å². The maximum Gasteiger partial charge on any atom is 0.138 e. The van der Waals surface area contributed by atoms with Gasteiger partial charge < -0.3 is 4.98 Å². The van der Waals surface area contributed by atoms with Crippen LogP contribution in [-0.4, -0.2) is 9.97 Å². The number of nitrogens with one attached hydrogen (secondary N) is 1. The van der Waals surface area contributed by atoms with Gasteiger partial charge in [-0.3, -0.25) is 0 Å². The molecule has 2 aromatic carbocycles. The van der Waals surface area contributed by atoms with Gasteiger partial charge in [-0.2, -0.15) is 0 Å². The summed E-state index contributed by atoms with van der Waals surface area (Å²) in [5.74, 6) is 0.915. The summed E-state index contributed by atoms with van der Waals surface area (Å²) in [7, 11) is 0. The maximum absolute atomic E-state index is 4.61. The zero-order valence-electron chi connectivity index (χ0n) is 8.99. The highest BCUT2D eigenvalue weighted by atomic mass is 14.9. The SMILES string of the molecule is Cc1cccc2[nH]c(-c3cc[c]cc3)nc12. The van der Waals surface area contributed by atoms with Crippen LogP contribution in [0.15, 0.2) is 42.5 Å². The van der Waals surface area contributed by atoms with Crippen LogP contribution in [0.1, 0.15) is 5.56 Å². The molecule has 1 aromatic heterocycles. The van der Waals surface area contributed by atoms with Gasteiger partial charge in [-0.25, -0.2) is 4.98 Å². The minimum absolute atomic E-state index is 0.915. The van der Waals surface area contributed by atoms with Gasteiger partial charge in [0.1, 0.15) is 5.82 Å². The van der Waals surface area contributed by atoms with E-state index in [1.807, 2.05) is 36.4 Å². The number of aromatic nitrogens is 2. The van der Waals surface area contributed by atoms with Crippen LogP contribution in [-0.2, 0) is 0 Å². The fourth-order valence-electron chi connectivity index (χ4n) is 1.86. The Bertz CT molecular complexity index is 624. The Morgan fingerprint density at radius 1 is 1.12 bits per heavy atom. The quantitative estimate of drug-likeness (QED) is 0.651. The van der Waals surface area contributed by atoms with Crippen molar-refractivity contribution in [3.63, 3.8) is 0 Å². The number of rotatable bonds is 1. The number of aromatic amines is 1. The summed E-state index contributed by atoms with van der Waals surface area (Å²) in [6.07, 6.45) is 0. The Morgan fingerprint density at radius 2 is 1.94 bits per heavy atom. The third-order valence-electron chi connectivity index (χ3n) is 2.71. The second-order valence-corrected chi connectivity index (χ2v) is 3.85. The first-order valence-electron chi connectivity index (χ1n) is 5.26. The molecule has 3 aromatic rings. The normalized spacial score (nSPS) is 10.8. The van der Waals surface area contributed by atoms with E-state index in [-0.39, 0.29) is 0 Å². The molecule has 0 atom stereocenters. The molecule has 0 bridgehead atoms. The van der Waals surface area contributed by atoms with Gasteiger partial charge >= 0.3 is 0 Å². The van der Waals surface area contributed by atoms with E-state index in [1.54, 1.807) is 0 Å². The molecule has 0 unspecified atom stereocenters. The van der Waals surface area contributed by atoms with Gasteiger partial charge in [0.2, 0.25) is 0 Å². The fraction of sp³-hybridized carbons (Fsp3) is 0.0714. The van der Waals surface area contributed by atoms with Gasteiger partial charge in [0.25, 0.3) is 0 Å². The molecule has 1 heterocycles. The van der Waals surface area contributed by atoms with Crippen LogP contribution in [0.4, 0.5) is 0 Å². The number of para-hydroxylation sites is 1. The largest absolute Gasteiger partial charge is 0.338 e. The Balaban J connectivity index is 2.23. The lowest BCUT2D eigenvalue weighted by Crippen LogP contribution is -1.78. The number of hydrogen-bond acceptors (Lipinski definition) is 1. The van der Waals surface area contributed by atoms with Gasteiger partial charge in [0.15, 0.2) is 0 Å². The van der Waals surface area contributed by atoms with Crippen molar-refractivity contribution in [1.82, 2.24) is 9.97 Å². The smallest absolute Gasteiger partial charge is 0.138 e. The van der Waals surface area contributed by atoms with E-state index < -0.39 is 0 Å². The summed E-state index contributed by atoms with van der Waals surface area (Å²) in [5, 5.41) is 0. The average Bonchev–Trinajstić information content (AvgIpc) is 2.76. The maximum atomic E-state index is 4.61. The van der Waals surface area contributed by atoms with E-state index >= 15 is 0 Å². The van der Waals surface area contributed by atoms with Crippen LogP contribution in [0.3, 0.4) is 0 Å². The predicted molar refractivity (Wildman–Crippen MR) is 65.1 cm³/mol. The van der Waals surface area contributed by atoms with Crippen LogP contribution >= 0.6 is 0 Å². The predicted octanol–water partition coefficient (Wildman–Crippen LogP) is 3.34. The van der Waals surface area contributed by atoms with Gasteiger partial charge in [-0.15, -0.1) is 0 Å². The molecule has 0 saturated carbocycles. The molecular formula is C14H11N2. The van der Waals surface area contributed by atoms with Crippen molar-refractivity contribution < 1.29 is 0 Å². The van der Waals surface area contributed by atoms with Gasteiger partial charge in [0.05, 0.1) is 11.0 Å². The summed E-state index contributed by atoms with van der Waals surface area (Å²) in [4.78, 5) is 7.94. The molecule has 0 aliphatic rings. The topological polar surface area (TPSA) is 28.7 Å². The molecule has 3 rings (SSSR count).